The molecular weight excluding hydrogens is 228 g/mol. The average molecular weight is 235 g/mol. The number of nitrogens with one attached hydrogen (secondary N) is 1. The normalized spacial score (nSPS) is 10.2. The SMILES string of the molecule is COCc1[nH]nc(Br)c1C(=O)O. The summed E-state index contributed by atoms with van der Waals surface area (Å²) in [6.07, 6.45) is 0. The summed E-state index contributed by atoms with van der Waals surface area (Å²) >= 11 is 3.01. The van der Waals surface area contributed by atoms with Gasteiger partial charge in [-0.05, 0) is 15.9 Å². The van der Waals surface area contributed by atoms with Gasteiger partial charge < -0.3 is 9.84 Å². The Morgan fingerprint density at radius 1 is 1.83 bits per heavy atom. The van der Waals surface area contributed by atoms with E-state index < -0.39 is 5.97 Å². The lowest BCUT2D eigenvalue weighted by molar-refractivity contribution is 0.0691. The first-order valence-electron chi connectivity index (χ1n) is 3.11. The highest BCUT2D eigenvalue weighted by molar-refractivity contribution is 9.10. The largest absolute Gasteiger partial charge is 0.478 e. The Kier molecular flexibility index (Phi) is 2.83. The Bertz CT molecular complexity index is 297. The molecule has 0 aliphatic rings. The third-order valence-corrected chi connectivity index (χ3v) is 1.87. The van der Waals surface area contributed by atoms with Crippen molar-refractivity contribution in [1.29, 1.82) is 0 Å². The van der Waals surface area contributed by atoms with Crippen LogP contribution in [-0.2, 0) is 11.3 Å². The molecule has 6 heteroatoms. The second-order valence-corrected chi connectivity index (χ2v) is 2.86. The molecule has 1 aromatic rings. The van der Waals surface area contributed by atoms with Gasteiger partial charge in [0.05, 0.1) is 12.3 Å². The predicted octanol–water partition coefficient (Wildman–Crippen LogP) is 1.02. The average Bonchev–Trinajstić information content (AvgIpc) is 2.32. The van der Waals surface area contributed by atoms with Crippen molar-refractivity contribution in [2.75, 3.05) is 7.11 Å². The molecule has 0 bridgehead atoms. The van der Waals surface area contributed by atoms with E-state index in [1.54, 1.807) is 0 Å². The van der Waals surface area contributed by atoms with Crippen LogP contribution in [0.25, 0.3) is 0 Å². The number of ether oxygens (including phenoxy) is 1. The van der Waals surface area contributed by atoms with Gasteiger partial charge in [0.25, 0.3) is 0 Å². The number of halogens is 1. The van der Waals surface area contributed by atoms with E-state index in [9.17, 15) is 4.79 Å². The maximum Gasteiger partial charge on any atom is 0.340 e. The van der Waals surface area contributed by atoms with Crippen molar-refractivity contribution in [3.63, 3.8) is 0 Å². The molecule has 1 rings (SSSR count). The van der Waals surface area contributed by atoms with Gasteiger partial charge in [0, 0.05) is 7.11 Å². The number of hydrogen-bond acceptors (Lipinski definition) is 3. The van der Waals surface area contributed by atoms with E-state index >= 15 is 0 Å². The second-order valence-electron chi connectivity index (χ2n) is 2.11. The molecule has 0 aromatic carbocycles. The molecule has 0 unspecified atom stereocenters. The zero-order chi connectivity index (χ0) is 9.14. The highest BCUT2D eigenvalue weighted by atomic mass is 79.9. The number of aromatic amines is 1. The fourth-order valence-corrected chi connectivity index (χ4v) is 1.32. The fourth-order valence-electron chi connectivity index (χ4n) is 0.819. The second kappa shape index (κ2) is 3.68. The molecule has 2 N–H and O–H groups in total. The molecule has 0 saturated heterocycles. The number of aromatic nitrogens is 2. The molecule has 0 radical (unpaired) electrons. The number of nitrogens with zero attached hydrogens (tertiary/aromatic N) is 1. The summed E-state index contributed by atoms with van der Waals surface area (Å²) in [6.45, 7) is 0.209. The van der Waals surface area contributed by atoms with Crippen molar-refractivity contribution in [1.82, 2.24) is 10.2 Å². The highest BCUT2D eigenvalue weighted by Crippen LogP contribution is 2.17. The predicted molar refractivity (Wildman–Crippen MR) is 44.0 cm³/mol. The van der Waals surface area contributed by atoms with E-state index in [0.717, 1.165) is 0 Å². The lowest BCUT2D eigenvalue weighted by Gasteiger charge is -1.96. The first kappa shape index (κ1) is 9.21. The van der Waals surface area contributed by atoms with Crippen molar-refractivity contribution >= 4 is 21.9 Å². The van der Waals surface area contributed by atoms with Crippen LogP contribution < -0.4 is 0 Å². The molecule has 0 fully saturated rings. The summed E-state index contributed by atoms with van der Waals surface area (Å²) in [5, 5.41) is 15.0. The summed E-state index contributed by atoms with van der Waals surface area (Å²) in [4.78, 5) is 10.6. The number of H-pyrrole nitrogens is 1. The quantitative estimate of drug-likeness (QED) is 0.819. The van der Waals surface area contributed by atoms with Crippen LogP contribution in [0, 0.1) is 0 Å². The van der Waals surface area contributed by atoms with Gasteiger partial charge in [-0.1, -0.05) is 0 Å². The number of hydrogen-bond donors (Lipinski definition) is 2. The van der Waals surface area contributed by atoms with Crippen LogP contribution in [-0.4, -0.2) is 28.4 Å². The van der Waals surface area contributed by atoms with E-state index in [-0.39, 0.29) is 12.2 Å². The summed E-state index contributed by atoms with van der Waals surface area (Å²) in [5.41, 5.74) is 0.578. The fraction of sp³-hybridized carbons (Fsp3) is 0.333. The zero-order valence-electron chi connectivity index (χ0n) is 6.30. The monoisotopic (exact) mass is 234 g/mol. The van der Waals surface area contributed by atoms with Gasteiger partial charge in [-0.15, -0.1) is 0 Å². The minimum Gasteiger partial charge on any atom is -0.478 e. The maximum absolute atomic E-state index is 10.6. The number of methoxy groups -OCH3 is 1. The van der Waals surface area contributed by atoms with Crippen LogP contribution in [0.3, 0.4) is 0 Å². The molecule has 12 heavy (non-hydrogen) atoms. The van der Waals surface area contributed by atoms with Crippen LogP contribution >= 0.6 is 15.9 Å². The van der Waals surface area contributed by atoms with Gasteiger partial charge in [0.1, 0.15) is 10.2 Å². The Balaban J connectivity index is 3.04. The Morgan fingerprint density at radius 2 is 2.50 bits per heavy atom. The van der Waals surface area contributed by atoms with Gasteiger partial charge >= 0.3 is 5.97 Å². The number of carboxylic acid groups (broad SMARTS) is 1. The number of carboxylic acids is 1. The van der Waals surface area contributed by atoms with Crippen LogP contribution in [0.2, 0.25) is 0 Å². The number of rotatable bonds is 3. The lowest BCUT2D eigenvalue weighted by Crippen LogP contribution is -2.01. The van der Waals surface area contributed by atoms with E-state index in [1.807, 2.05) is 0 Å². The van der Waals surface area contributed by atoms with E-state index in [0.29, 0.717) is 10.3 Å². The summed E-state index contributed by atoms with van der Waals surface area (Å²) in [5.74, 6) is -1.03. The van der Waals surface area contributed by atoms with Crippen molar-refractivity contribution in [2.24, 2.45) is 0 Å². The molecule has 5 nitrogen and oxygen atoms in total. The van der Waals surface area contributed by atoms with Gasteiger partial charge in [-0.3, -0.25) is 5.10 Å². The Morgan fingerprint density at radius 3 is 3.00 bits per heavy atom. The van der Waals surface area contributed by atoms with Gasteiger partial charge in [0.15, 0.2) is 0 Å². The first-order valence-corrected chi connectivity index (χ1v) is 3.91. The topological polar surface area (TPSA) is 75.2 Å². The minimum absolute atomic E-state index is 0.122. The third-order valence-electron chi connectivity index (χ3n) is 1.30. The minimum atomic E-state index is -1.03. The standard InChI is InChI=1S/C6H7BrN2O3/c1-12-2-3-4(6(10)11)5(7)9-8-3/h2H2,1H3,(H,8,9)(H,10,11). The van der Waals surface area contributed by atoms with Crippen molar-refractivity contribution in [3.8, 4) is 0 Å². The zero-order valence-corrected chi connectivity index (χ0v) is 7.88. The van der Waals surface area contributed by atoms with Crippen molar-refractivity contribution in [3.05, 3.63) is 15.9 Å². The van der Waals surface area contributed by atoms with E-state index in [1.165, 1.54) is 7.11 Å². The maximum atomic E-state index is 10.6. The number of carbonyl (C=O) groups is 1. The van der Waals surface area contributed by atoms with Gasteiger partial charge in [-0.25, -0.2) is 4.79 Å². The third kappa shape index (κ3) is 1.64. The van der Waals surface area contributed by atoms with Crippen LogP contribution in [0.15, 0.2) is 4.60 Å². The Hall–Kier alpha value is -0.880. The molecule has 0 aliphatic carbocycles. The molecule has 0 atom stereocenters. The molecule has 0 saturated carbocycles. The highest BCUT2D eigenvalue weighted by Gasteiger charge is 2.17. The lowest BCUT2D eigenvalue weighted by atomic mass is 10.2. The summed E-state index contributed by atoms with van der Waals surface area (Å²) < 4.78 is 5.07. The van der Waals surface area contributed by atoms with Gasteiger partial charge in [-0.2, -0.15) is 5.10 Å². The summed E-state index contributed by atoms with van der Waals surface area (Å²) in [6, 6.07) is 0. The summed E-state index contributed by atoms with van der Waals surface area (Å²) in [7, 11) is 1.49. The van der Waals surface area contributed by atoms with Crippen molar-refractivity contribution in [2.45, 2.75) is 6.61 Å². The molecule has 1 heterocycles. The molecule has 0 amide bonds. The van der Waals surface area contributed by atoms with E-state index in [4.69, 9.17) is 9.84 Å². The molecular formula is C6H7BrN2O3. The molecule has 0 spiro atoms. The van der Waals surface area contributed by atoms with Gasteiger partial charge in [0.2, 0.25) is 0 Å². The molecule has 66 valence electrons. The van der Waals surface area contributed by atoms with Crippen LogP contribution in [0.1, 0.15) is 16.1 Å². The van der Waals surface area contributed by atoms with Crippen LogP contribution in [0.5, 0.6) is 0 Å². The first-order chi connectivity index (χ1) is 5.66. The van der Waals surface area contributed by atoms with Crippen LogP contribution in [0.4, 0.5) is 0 Å². The molecule has 1 aromatic heterocycles. The molecule has 0 aliphatic heterocycles. The number of aromatic carboxylic acids is 1. The van der Waals surface area contributed by atoms with E-state index in [2.05, 4.69) is 26.1 Å². The smallest absolute Gasteiger partial charge is 0.340 e. The van der Waals surface area contributed by atoms with Crippen molar-refractivity contribution < 1.29 is 14.6 Å². The Labute approximate surface area is 76.9 Å².